The normalized spacial score (nSPS) is 18.6. The first-order valence-corrected chi connectivity index (χ1v) is 7.04. The van der Waals surface area contributed by atoms with Gasteiger partial charge in [-0.25, -0.2) is 0 Å². The first-order chi connectivity index (χ1) is 9.41. The van der Waals surface area contributed by atoms with E-state index in [1.165, 1.54) is 18.2 Å². The quantitative estimate of drug-likeness (QED) is 0.633. The maximum absolute atomic E-state index is 12.5. The minimum Gasteiger partial charge on any atom is -0.335 e. The van der Waals surface area contributed by atoms with E-state index in [0.717, 1.165) is 19.4 Å². The molecule has 1 aliphatic rings. The van der Waals surface area contributed by atoms with Crippen molar-refractivity contribution in [3.8, 4) is 0 Å². The van der Waals surface area contributed by atoms with E-state index in [1.807, 2.05) is 4.90 Å². The van der Waals surface area contributed by atoms with Crippen LogP contribution in [0, 0.1) is 16.0 Å². The Kier molecular flexibility index (Phi) is 4.28. The summed E-state index contributed by atoms with van der Waals surface area (Å²) in [5.41, 5.74) is 0.234. The topological polar surface area (TPSA) is 63.5 Å². The van der Waals surface area contributed by atoms with Crippen LogP contribution >= 0.6 is 11.6 Å². The maximum Gasteiger partial charge on any atom is 0.287 e. The highest BCUT2D eigenvalue weighted by Gasteiger charge is 2.31. The van der Waals surface area contributed by atoms with Crippen LogP contribution < -0.4 is 0 Å². The van der Waals surface area contributed by atoms with Gasteiger partial charge in [0.25, 0.3) is 11.6 Å². The van der Waals surface area contributed by atoms with Crippen molar-refractivity contribution in [2.75, 3.05) is 6.54 Å². The first-order valence-electron chi connectivity index (χ1n) is 6.66. The van der Waals surface area contributed by atoms with Crippen LogP contribution in [0.4, 0.5) is 5.69 Å². The van der Waals surface area contributed by atoms with Crippen molar-refractivity contribution in [3.63, 3.8) is 0 Å². The Hall–Kier alpha value is -1.62. The zero-order valence-corrected chi connectivity index (χ0v) is 12.3. The highest BCUT2D eigenvalue weighted by atomic mass is 35.5. The molecule has 108 valence electrons. The SMILES string of the molecule is CC(C)C1CCCN1C(=O)c1ccc([N+](=O)[O-])c(Cl)c1. The summed E-state index contributed by atoms with van der Waals surface area (Å²) in [5, 5.41) is 10.7. The molecule has 0 aliphatic carbocycles. The molecular formula is C14H17ClN2O3. The summed E-state index contributed by atoms with van der Waals surface area (Å²) in [6, 6.07) is 4.38. The van der Waals surface area contributed by atoms with Gasteiger partial charge in [-0.1, -0.05) is 25.4 Å². The van der Waals surface area contributed by atoms with E-state index in [-0.39, 0.29) is 22.7 Å². The Labute approximate surface area is 122 Å². The Bertz CT molecular complexity index is 545. The summed E-state index contributed by atoms with van der Waals surface area (Å²) in [5.74, 6) is 0.299. The molecule has 0 radical (unpaired) electrons. The predicted molar refractivity (Wildman–Crippen MR) is 77.0 cm³/mol. The zero-order chi connectivity index (χ0) is 14.9. The van der Waals surface area contributed by atoms with Gasteiger partial charge in [-0.2, -0.15) is 0 Å². The van der Waals surface area contributed by atoms with Gasteiger partial charge in [0.1, 0.15) is 5.02 Å². The largest absolute Gasteiger partial charge is 0.335 e. The van der Waals surface area contributed by atoms with Crippen LogP contribution in [0.5, 0.6) is 0 Å². The summed E-state index contributed by atoms with van der Waals surface area (Å²) in [6.07, 6.45) is 2.00. The minimum atomic E-state index is -0.552. The number of nitro groups is 1. The average Bonchev–Trinajstić information content (AvgIpc) is 2.86. The van der Waals surface area contributed by atoms with Gasteiger partial charge in [-0.15, -0.1) is 0 Å². The molecule has 1 aromatic rings. The Balaban J connectivity index is 2.25. The fourth-order valence-corrected chi connectivity index (χ4v) is 2.94. The fraction of sp³-hybridized carbons (Fsp3) is 0.500. The van der Waals surface area contributed by atoms with E-state index in [0.29, 0.717) is 11.5 Å². The smallest absolute Gasteiger partial charge is 0.287 e. The highest BCUT2D eigenvalue weighted by Crippen LogP contribution is 2.29. The molecule has 2 rings (SSSR count). The molecule has 0 saturated carbocycles. The number of likely N-dealkylation sites (tertiary alicyclic amines) is 1. The third kappa shape index (κ3) is 2.77. The van der Waals surface area contributed by atoms with E-state index >= 15 is 0 Å². The molecular weight excluding hydrogens is 280 g/mol. The number of carbonyl (C=O) groups excluding carboxylic acids is 1. The Morgan fingerprint density at radius 1 is 1.50 bits per heavy atom. The number of carbonyl (C=O) groups is 1. The number of amides is 1. The lowest BCUT2D eigenvalue weighted by Crippen LogP contribution is -2.38. The highest BCUT2D eigenvalue weighted by molar-refractivity contribution is 6.33. The number of nitrogens with zero attached hydrogens (tertiary/aromatic N) is 2. The number of nitro benzene ring substituents is 1. The van der Waals surface area contributed by atoms with Gasteiger partial charge >= 0.3 is 0 Å². The van der Waals surface area contributed by atoms with Crippen molar-refractivity contribution in [1.82, 2.24) is 4.90 Å². The summed E-state index contributed by atoms with van der Waals surface area (Å²) >= 11 is 5.86. The van der Waals surface area contributed by atoms with Crippen molar-refractivity contribution in [3.05, 3.63) is 38.9 Å². The van der Waals surface area contributed by atoms with Crippen LogP contribution in [0.25, 0.3) is 0 Å². The summed E-state index contributed by atoms with van der Waals surface area (Å²) < 4.78 is 0. The molecule has 0 N–H and O–H groups in total. The first kappa shape index (κ1) is 14.8. The standard InChI is InChI=1S/C14H17ClN2O3/c1-9(2)12-4-3-7-16(12)14(18)10-5-6-13(17(19)20)11(15)8-10/h5-6,8-9,12H,3-4,7H2,1-2H3. The predicted octanol–water partition coefficient (Wildman–Crippen LogP) is 3.51. The number of rotatable bonds is 3. The van der Waals surface area contributed by atoms with E-state index < -0.39 is 4.92 Å². The van der Waals surface area contributed by atoms with Gasteiger partial charge in [-0.05, 0) is 30.9 Å². The summed E-state index contributed by atoms with van der Waals surface area (Å²) in [6.45, 7) is 4.93. The van der Waals surface area contributed by atoms with Gasteiger partial charge in [0, 0.05) is 24.2 Å². The second kappa shape index (κ2) is 5.79. The van der Waals surface area contributed by atoms with Crippen molar-refractivity contribution < 1.29 is 9.72 Å². The van der Waals surface area contributed by atoms with Gasteiger partial charge in [-0.3, -0.25) is 14.9 Å². The van der Waals surface area contributed by atoms with Crippen LogP contribution in [-0.2, 0) is 0 Å². The second-order valence-electron chi connectivity index (χ2n) is 5.38. The van der Waals surface area contributed by atoms with E-state index in [1.54, 1.807) is 0 Å². The second-order valence-corrected chi connectivity index (χ2v) is 5.78. The molecule has 6 heteroatoms. The third-order valence-electron chi connectivity index (χ3n) is 3.72. The molecule has 1 amide bonds. The molecule has 5 nitrogen and oxygen atoms in total. The van der Waals surface area contributed by atoms with Crippen molar-refractivity contribution in [1.29, 1.82) is 0 Å². The van der Waals surface area contributed by atoms with Crippen molar-refractivity contribution in [2.24, 2.45) is 5.92 Å². The third-order valence-corrected chi connectivity index (χ3v) is 4.02. The lowest BCUT2D eigenvalue weighted by Gasteiger charge is -2.27. The Morgan fingerprint density at radius 2 is 2.20 bits per heavy atom. The van der Waals surface area contributed by atoms with Gasteiger partial charge in [0.05, 0.1) is 4.92 Å². The molecule has 0 bridgehead atoms. The number of halogens is 1. The van der Waals surface area contributed by atoms with Crippen LogP contribution in [0.1, 0.15) is 37.0 Å². The molecule has 1 fully saturated rings. The van der Waals surface area contributed by atoms with Crippen molar-refractivity contribution >= 4 is 23.2 Å². The molecule has 1 heterocycles. The molecule has 0 aromatic heterocycles. The van der Waals surface area contributed by atoms with E-state index in [9.17, 15) is 14.9 Å². The van der Waals surface area contributed by atoms with Crippen LogP contribution in [-0.4, -0.2) is 28.3 Å². The van der Waals surface area contributed by atoms with Gasteiger partial charge in [0.2, 0.25) is 0 Å². The minimum absolute atomic E-state index is 0.00106. The Morgan fingerprint density at radius 3 is 2.75 bits per heavy atom. The number of hydrogen-bond acceptors (Lipinski definition) is 3. The van der Waals surface area contributed by atoms with Crippen LogP contribution in [0.3, 0.4) is 0 Å². The molecule has 1 unspecified atom stereocenters. The number of benzene rings is 1. The summed E-state index contributed by atoms with van der Waals surface area (Å²) in [4.78, 5) is 24.5. The van der Waals surface area contributed by atoms with Crippen LogP contribution in [0.15, 0.2) is 18.2 Å². The summed E-state index contributed by atoms with van der Waals surface area (Å²) in [7, 11) is 0. The van der Waals surface area contributed by atoms with Gasteiger partial charge < -0.3 is 4.90 Å². The molecule has 1 aromatic carbocycles. The number of hydrogen-bond donors (Lipinski definition) is 0. The molecule has 1 aliphatic heterocycles. The average molecular weight is 297 g/mol. The van der Waals surface area contributed by atoms with E-state index in [2.05, 4.69) is 13.8 Å². The zero-order valence-electron chi connectivity index (χ0n) is 11.5. The molecule has 1 saturated heterocycles. The fourth-order valence-electron chi connectivity index (χ4n) is 2.69. The molecule has 1 atom stereocenters. The molecule has 0 spiro atoms. The lowest BCUT2D eigenvalue weighted by atomic mass is 10.0. The molecule has 20 heavy (non-hydrogen) atoms. The van der Waals surface area contributed by atoms with Gasteiger partial charge in [0.15, 0.2) is 0 Å². The van der Waals surface area contributed by atoms with Crippen molar-refractivity contribution in [2.45, 2.75) is 32.7 Å². The van der Waals surface area contributed by atoms with E-state index in [4.69, 9.17) is 11.6 Å². The maximum atomic E-state index is 12.5. The monoisotopic (exact) mass is 296 g/mol. The lowest BCUT2D eigenvalue weighted by molar-refractivity contribution is -0.384. The van der Waals surface area contributed by atoms with Crippen LogP contribution in [0.2, 0.25) is 5.02 Å².